The van der Waals surface area contributed by atoms with Crippen LogP contribution in [0.1, 0.15) is 62.1 Å². The Morgan fingerprint density at radius 3 is 2.54 bits per heavy atom. The second-order valence-electron chi connectivity index (χ2n) is 6.83. The molecule has 4 nitrogen and oxygen atoms in total. The van der Waals surface area contributed by atoms with E-state index in [1.54, 1.807) is 0 Å². The lowest BCUT2D eigenvalue weighted by Gasteiger charge is -2.41. The van der Waals surface area contributed by atoms with Gasteiger partial charge in [0, 0.05) is 11.7 Å². The predicted octanol–water partition coefficient (Wildman–Crippen LogP) is 5.23. The number of nitrogens with zero attached hydrogens (tertiary/aromatic N) is 1. The van der Waals surface area contributed by atoms with E-state index in [4.69, 9.17) is 4.74 Å². The predicted molar refractivity (Wildman–Crippen MR) is 106 cm³/mol. The number of benzene rings is 2. The summed E-state index contributed by atoms with van der Waals surface area (Å²) in [4.78, 5) is 15.1. The van der Waals surface area contributed by atoms with Gasteiger partial charge in [-0.1, -0.05) is 44.5 Å². The van der Waals surface area contributed by atoms with Crippen molar-refractivity contribution in [1.29, 1.82) is 0 Å². The topological polar surface area (TPSA) is 41.6 Å². The lowest BCUT2D eigenvalue weighted by molar-refractivity contribution is 0.0593. The summed E-state index contributed by atoms with van der Waals surface area (Å²) in [5, 5.41) is 3.55. The van der Waals surface area contributed by atoms with Crippen molar-refractivity contribution in [2.24, 2.45) is 0 Å². The molecule has 26 heavy (non-hydrogen) atoms. The second kappa shape index (κ2) is 8.26. The van der Waals surface area contributed by atoms with Crippen LogP contribution in [0.2, 0.25) is 0 Å². The monoisotopic (exact) mass is 352 g/mol. The highest BCUT2D eigenvalue weighted by Gasteiger charge is 2.35. The number of nitrogens with one attached hydrogen (secondary N) is 1. The zero-order valence-corrected chi connectivity index (χ0v) is 15.9. The molecule has 0 spiro atoms. The number of carbonyl (C=O) groups excluding carboxylic acids is 1. The molecule has 2 aromatic rings. The van der Waals surface area contributed by atoms with Crippen molar-refractivity contribution < 1.29 is 9.53 Å². The number of hydrogen-bond acceptors (Lipinski definition) is 3. The fourth-order valence-corrected chi connectivity index (χ4v) is 3.24. The third-order valence-electron chi connectivity index (χ3n) is 4.99. The fourth-order valence-electron chi connectivity index (χ4n) is 3.24. The molecule has 0 fully saturated rings. The van der Waals surface area contributed by atoms with E-state index in [-0.39, 0.29) is 18.1 Å². The van der Waals surface area contributed by atoms with Crippen LogP contribution in [0.3, 0.4) is 0 Å². The fraction of sp³-hybridized carbons (Fsp3) is 0.409. The van der Waals surface area contributed by atoms with Gasteiger partial charge in [-0.3, -0.25) is 4.79 Å². The Labute approximate surface area is 156 Å². The van der Waals surface area contributed by atoms with Crippen LogP contribution in [0.15, 0.2) is 48.5 Å². The molecule has 0 bridgehead atoms. The number of amides is 1. The van der Waals surface area contributed by atoms with Gasteiger partial charge in [0.05, 0.1) is 12.2 Å². The van der Waals surface area contributed by atoms with Gasteiger partial charge in [-0.05, 0) is 49.6 Å². The highest BCUT2D eigenvalue weighted by Crippen LogP contribution is 2.35. The van der Waals surface area contributed by atoms with E-state index in [1.807, 2.05) is 41.3 Å². The molecule has 138 valence electrons. The van der Waals surface area contributed by atoms with Crippen molar-refractivity contribution in [3.05, 3.63) is 59.7 Å². The van der Waals surface area contributed by atoms with E-state index in [0.717, 1.165) is 48.4 Å². The Morgan fingerprint density at radius 1 is 1.12 bits per heavy atom. The van der Waals surface area contributed by atoms with Crippen LogP contribution in [-0.2, 0) is 0 Å². The van der Waals surface area contributed by atoms with E-state index in [2.05, 4.69) is 38.2 Å². The molecule has 1 heterocycles. The third-order valence-corrected chi connectivity index (χ3v) is 4.99. The van der Waals surface area contributed by atoms with Gasteiger partial charge in [-0.15, -0.1) is 0 Å². The Hall–Kier alpha value is -2.49. The number of ether oxygens (including phenoxy) is 1. The van der Waals surface area contributed by atoms with Gasteiger partial charge in [0.25, 0.3) is 5.91 Å². The van der Waals surface area contributed by atoms with Crippen LogP contribution in [-0.4, -0.2) is 23.5 Å². The molecular weight excluding hydrogens is 324 g/mol. The Kier molecular flexibility index (Phi) is 5.82. The van der Waals surface area contributed by atoms with Crippen molar-refractivity contribution in [1.82, 2.24) is 4.90 Å². The quantitative estimate of drug-likeness (QED) is 0.694. The van der Waals surface area contributed by atoms with E-state index in [0.29, 0.717) is 0 Å². The third kappa shape index (κ3) is 3.69. The number of hydrogen-bond donors (Lipinski definition) is 1. The van der Waals surface area contributed by atoms with Crippen LogP contribution in [0.4, 0.5) is 5.69 Å². The first-order chi connectivity index (χ1) is 12.7. The van der Waals surface area contributed by atoms with E-state index in [9.17, 15) is 4.79 Å². The van der Waals surface area contributed by atoms with Gasteiger partial charge in [0.2, 0.25) is 0 Å². The molecule has 0 saturated heterocycles. The molecule has 1 aliphatic rings. The molecule has 0 aromatic heterocycles. The van der Waals surface area contributed by atoms with Crippen LogP contribution in [0.25, 0.3) is 0 Å². The minimum absolute atomic E-state index is 0.0852. The molecule has 2 atom stereocenters. The molecule has 2 aromatic carbocycles. The SMILES string of the molecule is CCCCOc1ccc(C2Nc3ccccc3C(=O)N2C(C)CC)cc1. The van der Waals surface area contributed by atoms with E-state index in [1.165, 1.54) is 0 Å². The highest BCUT2D eigenvalue weighted by molar-refractivity contribution is 6.01. The molecular formula is C22H28N2O2. The summed E-state index contributed by atoms with van der Waals surface area (Å²) in [5.41, 5.74) is 2.70. The first kappa shape index (κ1) is 18.3. The normalized spacial score (nSPS) is 17.4. The maximum atomic E-state index is 13.1. The number of fused-ring (bicyclic) bond motifs is 1. The van der Waals surface area contributed by atoms with Crippen molar-refractivity contribution in [3.63, 3.8) is 0 Å². The first-order valence-corrected chi connectivity index (χ1v) is 9.56. The number of unbranched alkanes of at least 4 members (excludes halogenated alkanes) is 1. The summed E-state index contributed by atoms with van der Waals surface area (Å²) in [5.74, 6) is 0.960. The van der Waals surface area contributed by atoms with Crippen molar-refractivity contribution in [3.8, 4) is 5.75 Å². The largest absolute Gasteiger partial charge is 0.494 e. The number of rotatable bonds is 7. The van der Waals surface area contributed by atoms with Gasteiger partial charge in [-0.2, -0.15) is 0 Å². The maximum Gasteiger partial charge on any atom is 0.258 e. The van der Waals surface area contributed by atoms with Crippen molar-refractivity contribution in [2.45, 2.75) is 52.2 Å². The van der Waals surface area contributed by atoms with E-state index >= 15 is 0 Å². The second-order valence-corrected chi connectivity index (χ2v) is 6.83. The number of carbonyl (C=O) groups is 1. The van der Waals surface area contributed by atoms with Crippen molar-refractivity contribution in [2.75, 3.05) is 11.9 Å². The molecule has 4 heteroatoms. The number of anilines is 1. The maximum absolute atomic E-state index is 13.1. The van der Waals surface area contributed by atoms with E-state index < -0.39 is 0 Å². The van der Waals surface area contributed by atoms with Crippen LogP contribution in [0.5, 0.6) is 5.75 Å². The Bertz CT molecular complexity index is 742. The van der Waals surface area contributed by atoms with Crippen LogP contribution in [0, 0.1) is 0 Å². The summed E-state index contributed by atoms with van der Waals surface area (Å²) in [6.07, 6.45) is 2.91. The number of para-hydroxylation sites is 1. The molecule has 1 N–H and O–H groups in total. The first-order valence-electron chi connectivity index (χ1n) is 9.56. The summed E-state index contributed by atoms with van der Waals surface area (Å²) in [7, 11) is 0. The highest BCUT2D eigenvalue weighted by atomic mass is 16.5. The zero-order chi connectivity index (χ0) is 18.5. The summed E-state index contributed by atoms with van der Waals surface area (Å²) < 4.78 is 5.76. The standard InChI is InChI=1S/C22H28N2O2/c1-4-6-15-26-18-13-11-17(12-14-18)21-23-20-10-8-7-9-19(20)22(25)24(21)16(3)5-2/h7-14,16,21,23H,4-6,15H2,1-3H3. The molecule has 0 saturated carbocycles. The minimum Gasteiger partial charge on any atom is -0.494 e. The van der Waals surface area contributed by atoms with Gasteiger partial charge in [0.1, 0.15) is 11.9 Å². The van der Waals surface area contributed by atoms with Gasteiger partial charge < -0.3 is 15.0 Å². The lowest BCUT2D eigenvalue weighted by Crippen LogP contribution is -2.47. The molecule has 0 aliphatic carbocycles. The van der Waals surface area contributed by atoms with Crippen molar-refractivity contribution >= 4 is 11.6 Å². The molecule has 1 amide bonds. The molecule has 0 radical (unpaired) electrons. The van der Waals surface area contributed by atoms with Gasteiger partial charge >= 0.3 is 0 Å². The lowest BCUT2D eigenvalue weighted by atomic mass is 10.0. The Morgan fingerprint density at radius 2 is 1.85 bits per heavy atom. The molecule has 2 unspecified atom stereocenters. The Balaban J connectivity index is 1.88. The average molecular weight is 352 g/mol. The van der Waals surface area contributed by atoms with Gasteiger partial charge in [-0.25, -0.2) is 0 Å². The van der Waals surface area contributed by atoms with Crippen LogP contribution < -0.4 is 10.1 Å². The van der Waals surface area contributed by atoms with Crippen LogP contribution >= 0.6 is 0 Å². The average Bonchev–Trinajstić information content (AvgIpc) is 2.68. The molecule has 1 aliphatic heterocycles. The summed E-state index contributed by atoms with van der Waals surface area (Å²) in [6, 6.07) is 16.0. The smallest absolute Gasteiger partial charge is 0.258 e. The summed E-state index contributed by atoms with van der Waals surface area (Å²) >= 11 is 0. The van der Waals surface area contributed by atoms with Gasteiger partial charge in [0.15, 0.2) is 0 Å². The molecule has 3 rings (SSSR count). The summed E-state index contributed by atoms with van der Waals surface area (Å²) in [6.45, 7) is 7.10. The zero-order valence-electron chi connectivity index (χ0n) is 15.9. The minimum atomic E-state index is -0.169.